The summed E-state index contributed by atoms with van der Waals surface area (Å²) in [6.45, 7) is 1.53. The molecule has 2 rings (SSSR count). The molecule has 0 saturated heterocycles. The number of halogens is 1. The molecular weight excluding hydrogens is 373 g/mol. The molecular formula is C13H14IN3O3. The molecule has 0 fully saturated rings. The van der Waals surface area contributed by atoms with Crippen LogP contribution in [0.4, 0.5) is 5.69 Å². The summed E-state index contributed by atoms with van der Waals surface area (Å²) < 4.78 is 6.18. The fourth-order valence-electron chi connectivity index (χ4n) is 1.48. The molecule has 2 unspecified atom stereocenters. The van der Waals surface area contributed by atoms with Crippen molar-refractivity contribution in [1.82, 2.24) is 4.98 Å². The minimum Gasteiger partial charge on any atom is -0.446 e. The Hall–Kier alpha value is -1.45. The van der Waals surface area contributed by atoms with E-state index in [1.807, 2.05) is 12.1 Å². The van der Waals surface area contributed by atoms with Crippen molar-refractivity contribution >= 4 is 34.2 Å². The lowest BCUT2D eigenvalue weighted by molar-refractivity contribution is 0.102. The Labute approximate surface area is 129 Å². The highest BCUT2D eigenvalue weighted by Gasteiger charge is 2.20. The number of oxazole rings is 1. The van der Waals surface area contributed by atoms with Crippen molar-refractivity contribution in [2.75, 3.05) is 5.32 Å². The van der Waals surface area contributed by atoms with Crippen LogP contribution in [0.3, 0.4) is 0 Å². The average molecular weight is 387 g/mol. The highest BCUT2D eigenvalue weighted by Crippen LogP contribution is 2.16. The Morgan fingerprint density at radius 2 is 2.10 bits per heavy atom. The van der Waals surface area contributed by atoms with Gasteiger partial charge in [0.2, 0.25) is 5.89 Å². The SMILES string of the molecule is CC(O)C(N)c1nc(C(=O)Nc2ccc(I)cc2)co1. The summed E-state index contributed by atoms with van der Waals surface area (Å²) in [7, 11) is 0. The molecule has 0 aliphatic heterocycles. The summed E-state index contributed by atoms with van der Waals surface area (Å²) >= 11 is 2.18. The number of carbonyl (C=O) groups is 1. The molecule has 0 aliphatic carbocycles. The summed E-state index contributed by atoms with van der Waals surface area (Å²) in [6.07, 6.45) is 0.417. The molecule has 1 heterocycles. The van der Waals surface area contributed by atoms with Gasteiger partial charge in [-0.2, -0.15) is 0 Å². The number of nitrogens with one attached hydrogen (secondary N) is 1. The number of aliphatic hydroxyl groups excluding tert-OH is 1. The van der Waals surface area contributed by atoms with E-state index in [1.165, 1.54) is 13.2 Å². The normalized spacial score (nSPS) is 13.8. The quantitative estimate of drug-likeness (QED) is 0.696. The second-order valence-electron chi connectivity index (χ2n) is 4.30. The molecule has 2 atom stereocenters. The first-order valence-corrected chi connectivity index (χ1v) is 7.01. The lowest BCUT2D eigenvalue weighted by Crippen LogP contribution is -2.23. The minimum absolute atomic E-state index is 0.120. The number of benzene rings is 1. The van der Waals surface area contributed by atoms with Crippen LogP contribution in [0, 0.1) is 3.57 Å². The van der Waals surface area contributed by atoms with Crippen molar-refractivity contribution in [3.8, 4) is 0 Å². The minimum atomic E-state index is -0.805. The summed E-state index contributed by atoms with van der Waals surface area (Å²) in [5.74, 6) is -0.258. The number of rotatable bonds is 4. The number of hydrogen-bond acceptors (Lipinski definition) is 5. The van der Waals surface area contributed by atoms with E-state index in [0.717, 1.165) is 3.57 Å². The van der Waals surface area contributed by atoms with E-state index < -0.39 is 12.1 Å². The van der Waals surface area contributed by atoms with E-state index >= 15 is 0 Å². The van der Waals surface area contributed by atoms with Crippen molar-refractivity contribution in [2.45, 2.75) is 19.1 Å². The van der Waals surface area contributed by atoms with Crippen molar-refractivity contribution in [1.29, 1.82) is 0 Å². The molecule has 0 aliphatic rings. The van der Waals surface area contributed by atoms with Crippen LogP contribution in [0.15, 0.2) is 34.9 Å². The van der Waals surface area contributed by atoms with Crippen molar-refractivity contribution in [2.24, 2.45) is 5.73 Å². The van der Waals surface area contributed by atoms with Gasteiger partial charge in [-0.1, -0.05) is 0 Å². The zero-order chi connectivity index (χ0) is 14.7. The van der Waals surface area contributed by atoms with Crippen molar-refractivity contribution < 1.29 is 14.3 Å². The third-order valence-electron chi connectivity index (χ3n) is 2.66. The van der Waals surface area contributed by atoms with Gasteiger partial charge in [0.15, 0.2) is 5.69 Å². The van der Waals surface area contributed by atoms with Gasteiger partial charge in [-0.25, -0.2) is 4.98 Å². The van der Waals surface area contributed by atoms with E-state index in [-0.39, 0.29) is 17.5 Å². The van der Waals surface area contributed by atoms with Gasteiger partial charge >= 0.3 is 0 Å². The smallest absolute Gasteiger partial charge is 0.277 e. The number of nitrogens with zero attached hydrogens (tertiary/aromatic N) is 1. The molecule has 6 nitrogen and oxygen atoms in total. The van der Waals surface area contributed by atoms with Crippen LogP contribution >= 0.6 is 22.6 Å². The highest BCUT2D eigenvalue weighted by atomic mass is 127. The first kappa shape index (κ1) is 14.9. The van der Waals surface area contributed by atoms with Crippen molar-refractivity contribution in [3.05, 3.63) is 45.7 Å². The number of hydrogen-bond donors (Lipinski definition) is 3. The van der Waals surface area contributed by atoms with Gasteiger partial charge in [0, 0.05) is 9.26 Å². The van der Waals surface area contributed by atoms with Gasteiger partial charge in [0.05, 0.1) is 6.10 Å². The fourth-order valence-corrected chi connectivity index (χ4v) is 1.84. The Bertz CT molecular complexity index is 595. The number of nitrogens with two attached hydrogens (primary N) is 1. The molecule has 20 heavy (non-hydrogen) atoms. The predicted molar refractivity (Wildman–Crippen MR) is 82.2 cm³/mol. The molecule has 2 aromatic rings. The summed E-state index contributed by atoms with van der Waals surface area (Å²) in [4.78, 5) is 15.9. The lowest BCUT2D eigenvalue weighted by Gasteiger charge is -2.09. The number of aromatic nitrogens is 1. The van der Waals surface area contributed by atoms with Crippen LogP contribution in [0.25, 0.3) is 0 Å². The van der Waals surface area contributed by atoms with Gasteiger partial charge < -0.3 is 20.6 Å². The number of amides is 1. The third kappa shape index (κ3) is 3.56. The Balaban J connectivity index is 2.08. The predicted octanol–water partition coefficient (Wildman–Crippen LogP) is 1.91. The number of carbonyl (C=O) groups excluding carboxylic acids is 1. The van der Waals surface area contributed by atoms with E-state index in [0.29, 0.717) is 5.69 Å². The van der Waals surface area contributed by atoms with E-state index in [1.54, 1.807) is 12.1 Å². The van der Waals surface area contributed by atoms with Gasteiger partial charge in [-0.3, -0.25) is 4.79 Å². The number of aliphatic hydroxyl groups is 1. The third-order valence-corrected chi connectivity index (χ3v) is 3.38. The van der Waals surface area contributed by atoms with Crippen LogP contribution < -0.4 is 11.1 Å². The second kappa shape index (κ2) is 6.33. The number of anilines is 1. The van der Waals surface area contributed by atoms with Crippen LogP contribution in [-0.4, -0.2) is 22.1 Å². The highest BCUT2D eigenvalue weighted by molar-refractivity contribution is 14.1. The van der Waals surface area contributed by atoms with E-state index in [4.69, 9.17) is 10.2 Å². The summed E-state index contributed by atoms with van der Waals surface area (Å²) in [5.41, 5.74) is 6.47. The molecule has 0 radical (unpaired) electrons. The molecule has 106 valence electrons. The van der Waals surface area contributed by atoms with Gasteiger partial charge in [0.25, 0.3) is 5.91 Å². The maximum atomic E-state index is 12.0. The average Bonchev–Trinajstić information content (AvgIpc) is 2.90. The Morgan fingerprint density at radius 1 is 1.45 bits per heavy atom. The maximum Gasteiger partial charge on any atom is 0.277 e. The van der Waals surface area contributed by atoms with Crippen LogP contribution in [-0.2, 0) is 0 Å². The summed E-state index contributed by atoms with van der Waals surface area (Å²) in [5, 5.41) is 12.1. The fraction of sp³-hybridized carbons (Fsp3) is 0.231. The van der Waals surface area contributed by atoms with Crippen LogP contribution in [0.5, 0.6) is 0 Å². The molecule has 0 bridgehead atoms. The van der Waals surface area contributed by atoms with Crippen LogP contribution in [0.1, 0.15) is 29.3 Å². The standard InChI is InChI=1S/C13H14IN3O3/c1-7(18)11(15)13-17-10(6-20-13)12(19)16-9-4-2-8(14)3-5-9/h2-7,11,18H,15H2,1H3,(H,16,19). The van der Waals surface area contributed by atoms with Crippen molar-refractivity contribution in [3.63, 3.8) is 0 Å². The Kier molecular flexibility index (Phi) is 4.73. The van der Waals surface area contributed by atoms with E-state index in [9.17, 15) is 9.90 Å². The molecule has 1 amide bonds. The van der Waals surface area contributed by atoms with E-state index in [2.05, 4.69) is 32.9 Å². The summed E-state index contributed by atoms with van der Waals surface area (Å²) in [6, 6.07) is 6.60. The van der Waals surface area contributed by atoms with Gasteiger partial charge in [-0.05, 0) is 53.8 Å². The molecule has 7 heteroatoms. The maximum absolute atomic E-state index is 12.0. The first-order chi connectivity index (χ1) is 9.47. The largest absolute Gasteiger partial charge is 0.446 e. The van der Waals surface area contributed by atoms with Gasteiger partial charge in [-0.15, -0.1) is 0 Å². The topological polar surface area (TPSA) is 101 Å². The van der Waals surface area contributed by atoms with Gasteiger partial charge in [0.1, 0.15) is 12.3 Å². The lowest BCUT2D eigenvalue weighted by atomic mass is 10.2. The van der Waals surface area contributed by atoms with Crippen LogP contribution in [0.2, 0.25) is 0 Å². The second-order valence-corrected chi connectivity index (χ2v) is 5.54. The zero-order valence-corrected chi connectivity index (χ0v) is 12.9. The Morgan fingerprint density at radius 3 is 2.70 bits per heavy atom. The first-order valence-electron chi connectivity index (χ1n) is 5.93. The monoisotopic (exact) mass is 387 g/mol. The molecule has 0 saturated carbocycles. The molecule has 1 aromatic heterocycles. The molecule has 4 N–H and O–H groups in total. The molecule has 1 aromatic carbocycles. The molecule has 0 spiro atoms. The zero-order valence-electron chi connectivity index (χ0n) is 10.7.